The third-order valence-corrected chi connectivity index (χ3v) is 3.66. The Morgan fingerprint density at radius 3 is 2.56 bits per heavy atom. The highest BCUT2D eigenvalue weighted by Gasteiger charge is 2.30. The van der Waals surface area contributed by atoms with Crippen LogP contribution in [0.4, 0.5) is 0 Å². The van der Waals surface area contributed by atoms with E-state index in [2.05, 4.69) is 0 Å². The summed E-state index contributed by atoms with van der Waals surface area (Å²) in [6.45, 7) is 0. The Bertz CT molecular complexity index is 439. The standard InChI is InChI=1S/C13H17NO4/c1-18-13-11(3-2-4-12(13)15)9-5-7-10(8-6-9)14(16)17/h2-4,9-10,15H,5-8H2,1H3. The number of nitro groups is 1. The molecule has 0 radical (unpaired) electrons. The van der Waals surface area contributed by atoms with E-state index in [0.717, 1.165) is 18.4 Å². The van der Waals surface area contributed by atoms with Crippen LogP contribution in [0.15, 0.2) is 18.2 Å². The number of hydrogen-bond donors (Lipinski definition) is 1. The molecule has 0 amide bonds. The quantitative estimate of drug-likeness (QED) is 0.662. The lowest BCUT2D eigenvalue weighted by molar-refractivity contribution is -0.526. The van der Waals surface area contributed by atoms with Gasteiger partial charge < -0.3 is 9.84 Å². The van der Waals surface area contributed by atoms with Crippen LogP contribution < -0.4 is 4.74 Å². The van der Waals surface area contributed by atoms with Gasteiger partial charge in [-0.05, 0) is 24.8 Å². The van der Waals surface area contributed by atoms with E-state index >= 15 is 0 Å². The van der Waals surface area contributed by atoms with Crippen molar-refractivity contribution in [1.82, 2.24) is 0 Å². The molecule has 0 aliphatic heterocycles. The molecule has 5 heteroatoms. The molecule has 1 saturated carbocycles. The maximum atomic E-state index is 10.7. The fraction of sp³-hybridized carbons (Fsp3) is 0.538. The second kappa shape index (κ2) is 5.25. The minimum atomic E-state index is -0.412. The molecule has 0 spiro atoms. The zero-order valence-corrected chi connectivity index (χ0v) is 10.3. The van der Waals surface area contributed by atoms with Crippen LogP contribution in [-0.4, -0.2) is 23.2 Å². The summed E-state index contributed by atoms with van der Waals surface area (Å²) in [4.78, 5) is 10.5. The van der Waals surface area contributed by atoms with E-state index in [1.807, 2.05) is 6.07 Å². The Labute approximate surface area is 106 Å². The molecule has 2 rings (SSSR count). The zero-order chi connectivity index (χ0) is 13.1. The lowest BCUT2D eigenvalue weighted by Crippen LogP contribution is -2.25. The molecule has 1 aromatic carbocycles. The van der Waals surface area contributed by atoms with Crippen LogP contribution in [0.2, 0.25) is 0 Å². The molecular weight excluding hydrogens is 234 g/mol. The number of methoxy groups -OCH3 is 1. The summed E-state index contributed by atoms with van der Waals surface area (Å²) in [6, 6.07) is 4.89. The summed E-state index contributed by atoms with van der Waals surface area (Å²) in [6.07, 6.45) is 2.73. The number of nitrogens with zero attached hydrogens (tertiary/aromatic N) is 1. The van der Waals surface area contributed by atoms with Gasteiger partial charge in [-0.25, -0.2) is 0 Å². The summed E-state index contributed by atoms with van der Waals surface area (Å²) < 4.78 is 5.22. The van der Waals surface area contributed by atoms with Gasteiger partial charge in [-0.1, -0.05) is 12.1 Å². The number of rotatable bonds is 3. The lowest BCUT2D eigenvalue weighted by Gasteiger charge is -2.25. The van der Waals surface area contributed by atoms with E-state index in [4.69, 9.17) is 4.74 Å². The SMILES string of the molecule is COc1c(O)cccc1C1CCC([N+](=O)[O-])CC1. The maximum Gasteiger partial charge on any atom is 0.213 e. The van der Waals surface area contributed by atoms with Crippen molar-refractivity contribution in [2.75, 3.05) is 7.11 Å². The van der Waals surface area contributed by atoms with Gasteiger partial charge >= 0.3 is 0 Å². The fourth-order valence-corrected chi connectivity index (χ4v) is 2.68. The van der Waals surface area contributed by atoms with Crippen molar-refractivity contribution < 1.29 is 14.8 Å². The summed E-state index contributed by atoms with van der Waals surface area (Å²) in [5, 5.41) is 20.4. The highest BCUT2D eigenvalue weighted by molar-refractivity contribution is 5.47. The van der Waals surface area contributed by atoms with E-state index in [-0.39, 0.29) is 16.6 Å². The molecule has 18 heavy (non-hydrogen) atoms. The lowest BCUT2D eigenvalue weighted by atomic mass is 9.81. The number of aromatic hydroxyl groups is 1. The number of hydrogen-bond acceptors (Lipinski definition) is 4. The second-order valence-corrected chi connectivity index (χ2v) is 4.69. The van der Waals surface area contributed by atoms with Crippen molar-refractivity contribution in [3.63, 3.8) is 0 Å². The molecule has 0 aromatic heterocycles. The number of ether oxygens (including phenoxy) is 1. The number of benzene rings is 1. The average molecular weight is 251 g/mol. The Kier molecular flexibility index (Phi) is 3.69. The van der Waals surface area contributed by atoms with Crippen molar-refractivity contribution in [3.8, 4) is 11.5 Å². The topological polar surface area (TPSA) is 72.6 Å². The number of phenols is 1. The molecular formula is C13H17NO4. The van der Waals surface area contributed by atoms with E-state index in [1.54, 1.807) is 12.1 Å². The molecule has 1 N–H and O–H groups in total. The fourth-order valence-electron chi connectivity index (χ4n) is 2.68. The predicted octanol–water partition coefficient (Wildman–Crippen LogP) is 2.70. The summed E-state index contributed by atoms with van der Waals surface area (Å²) in [7, 11) is 1.53. The summed E-state index contributed by atoms with van der Waals surface area (Å²) in [5.74, 6) is 0.872. The molecule has 0 bridgehead atoms. The van der Waals surface area contributed by atoms with Crippen LogP contribution >= 0.6 is 0 Å². The van der Waals surface area contributed by atoms with E-state index in [1.165, 1.54) is 7.11 Å². The van der Waals surface area contributed by atoms with Gasteiger partial charge in [0.05, 0.1) is 7.11 Å². The molecule has 1 aromatic rings. The maximum absolute atomic E-state index is 10.7. The van der Waals surface area contributed by atoms with Crippen LogP contribution in [0.3, 0.4) is 0 Å². The highest BCUT2D eigenvalue weighted by Crippen LogP contribution is 2.41. The Balaban J connectivity index is 2.14. The Morgan fingerprint density at radius 1 is 1.33 bits per heavy atom. The monoisotopic (exact) mass is 251 g/mol. The molecule has 1 fully saturated rings. The number of phenolic OH excluding ortho intramolecular Hbond substituents is 1. The first-order valence-electron chi connectivity index (χ1n) is 6.13. The van der Waals surface area contributed by atoms with Gasteiger partial charge in [0.25, 0.3) is 0 Å². The Hall–Kier alpha value is -1.78. The van der Waals surface area contributed by atoms with Gasteiger partial charge in [-0.3, -0.25) is 10.1 Å². The van der Waals surface area contributed by atoms with Gasteiger partial charge in [-0.2, -0.15) is 0 Å². The average Bonchev–Trinajstić information content (AvgIpc) is 2.38. The van der Waals surface area contributed by atoms with Crippen LogP contribution in [0.5, 0.6) is 11.5 Å². The van der Waals surface area contributed by atoms with E-state index in [9.17, 15) is 15.2 Å². The van der Waals surface area contributed by atoms with Gasteiger partial charge in [0.15, 0.2) is 11.5 Å². The molecule has 98 valence electrons. The summed E-state index contributed by atoms with van der Waals surface area (Å²) in [5.41, 5.74) is 0.958. The van der Waals surface area contributed by atoms with E-state index < -0.39 is 6.04 Å². The van der Waals surface area contributed by atoms with Crippen molar-refractivity contribution in [2.45, 2.75) is 37.6 Å². The van der Waals surface area contributed by atoms with Crippen molar-refractivity contribution >= 4 is 0 Å². The normalized spacial score (nSPS) is 23.6. The van der Waals surface area contributed by atoms with Gasteiger partial charge in [0.1, 0.15) is 0 Å². The minimum Gasteiger partial charge on any atom is -0.504 e. The van der Waals surface area contributed by atoms with Crippen molar-refractivity contribution in [2.24, 2.45) is 0 Å². The first-order valence-corrected chi connectivity index (χ1v) is 6.13. The smallest absolute Gasteiger partial charge is 0.213 e. The van der Waals surface area contributed by atoms with Gasteiger partial charge in [0, 0.05) is 23.3 Å². The first kappa shape index (κ1) is 12.7. The Morgan fingerprint density at radius 2 is 2.00 bits per heavy atom. The summed E-state index contributed by atoms with van der Waals surface area (Å²) >= 11 is 0. The van der Waals surface area contributed by atoms with Crippen molar-refractivity contribution in [1.29, 1.82) is 0 Å². The van der Waals surface area contributed by atoms with Crippen LogP contribution in [0.25, 0.3) is 0 Å². The van der Waals surface area contributed by atoms with Crippen molar-refractivity contribution in [3.05, 3.63) is 33.9 Å². The molecule has 1 aliphatic carbocycles. The molecule has 1 aliphatic rings. The van der Waals surface area contributed by atoms with Crippen LogP contribution in [0.1, 0.15) is 37.2 Å². The molecule has 0 heterocycles. The molecule has 5 nitrogen and oxygen atoms in total. The largest absolute Gasteiger partial charge is 0.504 e. The highest BCUT2D eigenvalue weighted by atomic mass is 16.6. The molecule has 0 unspecified atom stereocenters. The third kappa shape index (κ3) is 2.39. The van der Waals surface area contributed by atoms with E-state index in [0.29, 0.717) is 18.6 Å². The number of para-hydroxylation sites is 1. The minimum absolute atomic E-state index is 0.131. The third-order valence-electron chi connectivity index (χ3n) is 3.66. The van der Waals surface area contributed by atoms with Gasteiger partial charge in [0.2, 0.25) is 6.04 Å². The van der Waals surface area contributed by atoms with Gasteiger partial charge in [-0.15, -0.1) is 0 Å². The van der Waals surface area contributed by atoms with Crippen LogP contribution in [-0.2, 0) is 0 Å². The zero-order valence-electron chi connectivity index (χ0n) is 10.3. The first-order chi connectivity index (χ1) is 8.63. The molecule has 0 saturated heterocycles. The molecule has 0 atom stereocenters. The predicted molar refractivity (Wildman–Crippen MR) is 66.7 cm³/mol. The van der Waals surface area contributed by atoms with Crippen LogP contribution in [0, 0.1) is 10.1 Å². The second-order valence-electron chi connectivity index (χ2n) is 4.69.